The lowest BCUT2D eigenvalue weighted by atomic mass is 9.98. The number of pyridine rings is 1. The lowest BCUT2D eigenvalue weighted by Crippen LogP contribution is -2.33. The molecule has 2 saturated heterocycles. The topological polar surface area (TPSA) is 36.3 Å². The van der Waals surface area contributed by atoms with Gasteiger partial charge in [0.05, 0.1) is 28.5 Å². The van der Waals surface area contributed by atoms with E-state index < -0.39 is 0 Å². The smallest absolute Gasteiger partial charge is 0.174 e. The van der Waals surface area contributed by atoms with Gasteiger partial charge in [0, 0.05) is 44.4 Å². The first-order valence-corrected chi connectivity index (χ1v) is 12.0. The molecule has 7 heteroatoms. The van der Waals surface area contributed by atoms with Crippen LogP contribution < -0.4 is 15.1 Å². The van der Waals surface area contributed by atoms with Crippen LogP contribution in [0.5, 0.6) is 0 Å². The molecular weight excluding hydrogens is 438 g/mol. The van der Waals surface area contributed by atoms with Gasteiger partial charge in [-0.15, -0.1) is 0 Å². The second-order valence-electron chi connectivity index (χ2n) is 8.91. The number of hydrogen-bond donors (Lipinski definition) is 1. The van der Waals surface area contributed by atoms with Gasteiger partial charge in [-0.25, -0.2) is 0 Å². The van der Waals surface area contributed by atoms with E-state index in [1.807, 2.05) is 31.4 Å². The zero-order chi connectivity index (χ0) is 22.2. The second kappa shape index (κ2) is 8.75. The summed E-state index contributed by atoms with van der Waals surface area (Å²) in [6.45, 7) is 4.43. The van der Waals surface area contributed by atoms with Crippen LogP contribution in [-0.2, 0) is 7.05 Å². The van der Waals surface area contributed by atoms with Gasteiger partial charge in [-0.2, -0.15) is 0 Å². The summed E-state index contributed by atoms with van der Waals surface area (Å²) in [5.74, 6) is 0.785. The Labute approximate surface area is 200 Å². The molecule has 1 aromatic carbocycles. The van der Waals surface area contributed by atoms with E-state index in [1.165, 1.54) is 18.4 Å². The van der Waals surface area contributed by atoms with E-state index in [9.17, 15) is 0 Å². The molecule has 166 valence electrons. The highest BCUT2D eigenvalue weighted by Crippen LogP contribution is 2.43. The number of rotatable bonds is 4. The number of aryl methyl sites for hydroxylation is 1. The van der Waals surface area contributed by atoms with E-state index in [0.29, 0.717) is 5.11 Å². The van der Waals surface area contributed by atoms with Gasteiger partial charge in [0.1, 0.15) is 0 Å². The summed E-state index contributed by atoms with van der Waals surface area (Å²) >= 11 is 12.7. The number of nitrogens with one attached hydrogen (secondary N) is 1. The van der Waals surface area contributed by atoms with E-state index in [-0.39, 0.29) is 12.1 Å². The number of anilines is 2. The first-order chi connectivity index (χ1) is 15.5. The summed E-state index contributed by atoms with van der Waals surface area (Å²) in [6, 6.07) is 14.4. The molecule has 4 heterocycles. The fraction of sp³-hybridized carbons (Fsp3) is 0.360. The minimum Gasteiger partial charge on any atom is -0.370 e. The van der Waals surface area contributed by atoms with Gasteiger partial charge < -0.3 is 19.7 Å². The average molecular weight is 466 g/mol. The summed E-state index contributed by atoms with van der Waals surface area (Å²) in [6.07, 6.45) is 8.46. The Hall–Kier alpha value is -2.57. The largest absolute Gasteiger partial charge is 0.370 e. The Morgan fingerprint density at radius 2 is 1.94 bits per heavy atom. The van der Waals surface area contributed by atoms with Crippen LogP contribution in [0.4, 0.5) is 11.4 Å². The standard InChI is InChI=1S/C25H28ClN5S/c1-17-8-13-30(14-9-17)22-7-6-19(15-20(22)26)31-24(18-10-12-29(2)16-18)23(28-25(31)32)21-5-3-4-11-27-21/h3-7,10-12,15-17,23-24H,8-9,13-14H2,1-2H3,(H,28,32). The molecule has 2 aliphatic heterocycles. The van der Waals surface area contributed by atoms with Gasteiger partial charge in [-0.3, -0.25) is 4.98 Å². The van der Waals surface area contributed by atoms with Gasteiger partial charge in [0.2, 0.25) is 0 Å². The van der Waals surface area contributed by atoms with Crippen molar-refractivity contribution in [2.45, 2.75) is 31.8 Å². The third-order valence-corrected chi connectivity index (χ3v) is 7.25. The van der Waals surface area contributed by atoms with Crippen molar-refractivity contribution in [2.24, 2.45) is 13.0 Å². The van der Waals surface area contributed by atoms with Crippen LogP contribution in [0.25, 0.3) is 0 Å². The highest BCUT2D eigenvalue weighted by molar-refractivity contribution is 7.80. The Kier molecular flexibility index (Phi) is 5.82. The molecule has 0 saturated carbocycles. The van der Waals surface area contributed by atoms with Gasteiger partial charge in [-0.05, 0) is 72.9 Å². The Morgan fingerprint density at radius 1 is 1.12 bits per heavy atom. The minimum absolute atomic E-state index is 0.0173. The van der Waals surface area contributed by atoms with Crippen LogP contribution in [0.3, 0.4) is 0 Å². The van der Waals surface area contributed by atoms with Gasteiger partial charge >= 0.3 is 0 Å². The van der Waals surface area contributed by atoms with Crippen LogP contribution >= 0.6 is 23.8 Å². The molecule has 1 N–H and O–H groups in total. The number of benzene rings is 1. The highest BCUT2D eigenvalue weighted by atomic mass is 35.5. The van der Waals surface area contributed by atoms with Crippen molar-refractivity contribution in [1.82, 2.24) is 14.9 Å². The molecule has 2 atom stereocenters. The molecule has 0 radical (unpaired) electrons. The molecule has 32 heavy (non-hydrogen) atoms. The molecule has 3 aromatic rings. The third kappa shape index (κ3) is 3.97. The number of halogens is 1. The molecule has 2 aliphatic rings. The van der Waals surface area contributed by atoms with E-state index in [2.05, 4.69) is 68.3 Å². The number of piperidine rings is 1. The zero-order valence-corrected chi connectivity index (χ0v) is 20.0. The van der Waals surface area contributed by atoms with Gasteiger partial charge in [0.15, 0.2) is 5.11 Å². The van der Waals surface area contributed by atoms with E-state index in [1.54, 1.807) is 0 Å². The maximum atomic E-state index is 6.83. The lowest BCUT2D eigenvalue weighted by molar-refractivity contribution is 0.438. The normalized spacial score (nSPS) is 21.8. The van der Waals surface area contributed by atoms with Crippen LogP contribution in [0.2, 0.25) is 5.02 Å². The molecule has 2 aromatic heterocycles. The molecule has 5 nitrogen and oxygen atoms in total. The summed E-state index contributed by atoms with van der Waals surface area (Å²) in [5, 5.41) is 4.97. The summed E-state index contributed by atoms with van der Waals surface area (Å²) < 4.78 is 2.07. The summed E-state index contributed by atoms with van der Waals surface area (Å²) in [5.41, 5.74) is 4.25. The fourth-order valence-corrected chi connectivity index (χ4v) is 5.46. The number of nitrogens with zero attached hydrogens (tertiary/aromatic N) is 4. The molecule has 2 fully saturated rings. The van der Waals surface area contributed by atoms with Crippen LogP contribution in [0.15, 0.2) is 61.1 Å². The predicted octanol–water partition coefficient (Wildman–Crippen LogP) is 5.49. The zero-order valence-electron chi connectivity index (χ0n) is 18.4. The number of hydrogen-bond acceptors (Lipinski definition) is 3. The molecule has 0 bridgehead atoms. The van der Waals surface area contributed by atoms with Crippen LogP contribution in [-0.4, -0.2) is 27.8 Å². The quantitative estimate of drug-likeness (QED) is 0.516. The van der Waals surface area contributed by atoms with Crippen molar-refractivity contribution in [1.29, 1.82) is 0 Å². The highest BCUT2D eigenvalue weighted by Gasteiger charge is 2.41. The van der Waals surface area contributed by atoms with E-state index >= 15 is 0 Å². The first kappa shape index (κ1) is 21.3. The molecule has 0 aliphatic carbocycles. The Balaban J connectivity index is 1.51. The predicted molar refractivity (Wildman–Crippen MR) is 135 cm³/mol. The first-order valence-electron chi connectivity index (χ1n) is 11.2. The molecular formula is C25H28ClN5S. The van der Waals surface area contributed by atoms with Crippen LogP contribution in [0.1, 0.15) is 43.1 Å². The van der Waals surface area contributed by atoms with Crippen molar-refractivity contribution >= 4 is 40.3 Å². The van der Waals surface area contributed by atoms with Crippen molar-refractivity contribution in [3.8, 4) is 0 Å². The summed E-state index contributed by atoms with van der Waals surface area (Å²) in [4.78, 5) is 9.20. The minimum atomic E-state index is -0.0480. The third-order valence-electron chi connectivity index (χ3n) is 6.63. The SMILES string of the molecule is CC1CCN(c2ccc(N3C(=S)NC(c4ccccn4)C3c3ccn(C)c3)cc2Cl)CC1. The summed E-state index contributed by atoms with van der Waals surface area (Å²) in [7, 11) is 2.04. The monoisotopic (exact) mass is 465 g/mol. The average Bonchev–Trinajstić information content (AvgIpc) is 3.38. The van der Waals surface area contributed by atoms with Crippen molar-refractivity contribution in [3.63, 3.8) is 0 Å². The van der Waals surface area contributed by atoms with E-state index in [4.69, 9.17) is 23.8 Å². The van der Waals surface area contributed by atoms with Gasteiger partial charge in [-0.1, -0.05) is 24.6 Å². The van der Waals surface area contributed by atoms with Crippen molar-refractivity contribution in [2.75, 3.05) is 22.9 Å². The molecule has 0 amide bonds. The lowest BCUT2D eigenvalue weighted by Gasteiger charge is -2.33. The number of thiocarbonyl (C=S) groups is 1. The van der Waals surface area contributed by atoms with Gasteiger partial charge in [0.25, 0.3) is 0 Å². The second-order valence-corrected chi connectivity index (χ2v) is 9.71. The van der Waals surface area contributed by atoms with Crippen LogP contribution in [0, 0.1) is 5.92 Å². The van der Waals surface area contributed by atoms with Crippen molar-refractivity contribution in [3.05, 3.63) is 77.3 Å². The molecule has 0 spiro atoms. The maximum Gasteiger partial charge on any atom is 0.174 e. The van der Waals surface area contributed by atoms with E-state index in [0.717, 1.165) is 41.1 Å². The molecule has 2 unspecified atom stereocenters. The Morgan fingerprint density at radius 3 is 2.59 bits per heavy atom. The number of aromatic nitrogens is 2. The maximum absolute atomic E-state index is 6.83. The fourth-order valence-electron chi connectivity index (χ4n) is 4.82. The molecule has 5 rings (SSSR count). The van der Waals surface area contributed by atoms with Crippen molar-refractivity contribution < 1.29 is 0 Å². The Bertz CT molecular complexity index is 1110.